The van der Waals surface area contributed by atoms with Crippen LogP contribution >= 0.6 is 0 Å². The number of fused-ring (bicyclic) bond motifs is 1. The third kappa shape index (κ3) is 1.69. The number of carbonyl (C=O) groups excluding carboxylic acids is 1. The van der Waals surface area contributed by atoms with E-state index in [1.165, 1.54) is 0 Å². The third-order valence-corrected chi connectivity index (χ3v) is 3.80. The van der Waals surface area contributed by atoms with Crippen LogP contribution < -0.4 is 10.6 Å². The number of phenols is 1. The SMILES string of the molecule is O=C1Nc2c(O)cccc2C1C1CCNCC1. The molecule has 0 bridgehead atoms. The summed E-state index contributed by atoms with van der Waals surface area (Å²) in [6.07, 6.45) is 2.04. The van der Waals surface area contributed by atoms with Crippen LogP contribution in [0.25, 0.3) is 0 Å². The highest BCUT2D eigenvalue weighted by Gasteiger charge is 2.38. The molecule has 1 aromatic rings. The van der Waals surface area contributed by atoms with E-state index >= 15 is 0 Å². The average Bonchev–Trinajstić information content (AvgIpc) is 2.68. The Morgan fingerprint density at radius 3 is 2.76 bits per heavy atom. The second-order valence-corrected chi connectivity index (χ2v) is 4.80. The summed E-state index contributed by atoms with van der Waals surface area (Å²) < 4.78 is 0. The maximum Gasteiger partial charge on any atom is 0.232 e. The Balaban J connectivity index is 1.96. The summed E-state index contributed by atoms with van der Waals surface area (Å²) in [4.78, 5) is 12.0. The van der Waals surface area contributed by atoms with Crippen LogP contribution in [0.4, 0.5) is 5.69 Å². The number of aromatic hydroxyl groups is 1. The van der Waals surface area contributed by atoms with Crippen LogP contribution in [-0.2, 0) is 4.79 Å². The first-order chi connectivity index (χ1) is 8.27. The molecule has 4 nitrogen and oxygen atoms in total. The maximum absolute atomic E-state index is 12.0. The molecule has 1 fully saturated rings. The van der Waals surface area contributed by atoms with Gasteiger partial charge < -0.3 is 15.7 Å². The maximum atomic E-state index is 12.0. The lowest BCUT2D eigenvalue weighted by molar-refractivity contribution is -0.118. The molecule has 1 unspecified atom stereocenters. The van der Waals surface area contributed by atoms with Crippen LogP contribution in [-0.4, -0.2) is 24.1 Å². The molecule has 17 heavy (non-hydrogen) atoms. The van der Waals surface area contributed by atoms with Crippen LogP contribution in [0.3, 0.4) is 0 Å². The summed E-state index contributed by atoms with van der Waals surface area (Å²) in [7, 11) is 0. The smallest absolute Gasteiger partial charge is 0.232 e. The molecular formula is C13H16N2O2. The molecule has 2 aliphatic rings. The number of amides is 1. The second kappa shape index (κ2) is 4.04. The Hall–Kier alpha value is -1.55. The Morgan fingerprint density at radius 1 is 1.24 bits per heavy atom. The summed E-state index contributed by atoms with van der Waals surface area (Å²) in [5.74, 6) is 0.513. The van der Waals surface area contributed by atoms with Crippen LogP contribution in [0.2, 0.25) is 0 Å². The predicted molar refractivity (Wildman–Crippen MR) is 65.1 cm³/mol. The number of anilines is 1. The molecular weight excluding hydrogens is 216 g/mol. The number of para-hydroxylation sites is 1. The molecule has 2 aliphatic heterocycles. The largest absolute Gasteiger partial charge is 0.506 e. The number of benzene rings is 1. The molecule has 0 aliphatic carbocycles. The van der Waals surface area contributed by atoms with Gasteiger partial charge in [-0.2, -0.15) is 0 Å². The van der Waals surface area contributed by atoms with Gasteiger partial charge in [-0.05, 0) is 43.5 Å². The van der Waals surface area contributed by atoms with Crippen molar-refractivity contribution in [2.24, 2.45) is 5.92 Å². The monoisotopic (exact) mass is 232 g/mol. The molecule has 1 atom stereocenters. The van der Waals surface area contributed by atoms with Crippen molar-refractivity contribution in [2.75, 3.05) is 18.4 Å². The van der Waals surface area contributed by atoms with Gasteiger partial charge in [0.1, 0.15) is 5.75 Å². The van der Waals surface area contributed by atoms with Crippen LogP contribution in [0.15, 0.2) is 18.2 Å². The Bertz CT molecular complexity index is 453. The van der Waals surface area contributed by atoms with Gasteiger partial charge >= 0.3 is 0 Å². The van der Waals surface area contributed by atoms with Gasteiger partial charge in [-0.3, -0.25) is 4.79 Å². The Labute approximate surface area is 100 Å². The zero-order valence-electron chi connectivity index (χ0n) is 9.57. The standard InChI is InChI=1S/C13H16N2O2/c16-10-3-1-2-9-11(13(17)15-12(9)10)8-4-6-14-7-5-8/h1-3,8,11,14,16H,4-7H2,(H,15,17). The van der Waals surface area contributed by atoms with E-state index in [1.807, 2.05) is 12.1 Å². The van der Waals surface area contributed by atoms with E-state index in [-0.39, 0.29) is 17.6 Å². The zero-order valence-corrected chi connectivity index (χ0v) is 9.57. The van der Waals surface area contributed by atoms with E-state index in [0.29, 0.717) is 11.6 Å². The molecule has 0 spiro atoms. The first-order valence-corrected chi connectivity index (χ1v) is 6.11. The van der Waals surface area contributed by atoms with Gasteiger partial charge in [0.25, 0.3) is 0 Å². The van der Waals surface area contributed by atoms with E-state index in [2.05, 4.69) is 10.6 Å². The minimum Gasteiger partial charge on any atom is -0.506 e. The van der Waals surface area contributed by atoms with Crippen LogP contribution in [0.1, 0.15) is 24.3 Å². The van der Waals surface area contributed by atoms with Crippen molar-refractivity contribution in [1.82, 2.24) is 5.32 Å². The lowest BCUT2D eigenvalue weighted by atomic mass is 9.81. The van der Waals surface area contributed by atoms with E-state index < -0.39 is 0 Å². The highest BCUT2D eigenvalue weighted by Crippen LogP contribution is 2.44. The fourth-order valence-corrected chi connectivity index (χ4v) is 2.94. The molecule has 3 N–H and O–H groups in total. The lowest BCUT2D eigenvalue weighted by Gasteiger charge is -2.26. The van der Waals surface area contributed by atoms with Crippen LogP contribution in [0, 0.1) is 5.92 Å². The number of nitrogens with one attached hydrogen (secondary N) is 2. The van der Waals surface area contributed by atoms with Gasteiger partial charge in [0.2, 0.25) is 5.91 Å². The normalized spacial score (nSPS) is 24.5. The molecule has 0 saturated carbocycles. The Kier molecular flexibility index (Phi) is 2.52. The lowest BCUT2D eigenvalue weighted by Crippen LogP contribution is -2.33. The topological polar surface area (TPSA) is 61.4 Å². The minimum absolute atomic E-state index is 0.0356. The molecule has 4 heteroatoms. The molecule has 0 radical (unpaired) electrons. The number of hydrogen-bond donors (Lipinski definition) is 3. The quantitative estimate of drug-likeness (QED) is 0.642. The van der Waals surface area contributed by atoms with Gasteiger partial charge in [0, 0.05) is 0 Å². The number of piperidine rings is 1. The number of phenolic OH excluding ortho intramolecular Hbond substituents is 1. The predicted octanol–water partition coefficient (Wildman–Crippen LogP) is 1.43. The second-order valence-electron chi connectivity index (χ2n) is 4.80. The van der Waals surface area contributed by atoms with Gasteiger partial charge in [0.05, 0.1) is 11.6 Å². The average molecular weight is 232 g/mol. The molecule has 2 heterocycles. The molecule has 3 rings (SSSR count). The number of rotatable bonds is 1. The van der Waals surface area contributed by atoms with Crippen molar-refractivity contribution < 1.29 is 9.90 Å². The van der Waals surface area contributed by atoms with Crippen molar-refractivity contribution in [1.29, 1.82) is 0 Å². The van der Waals surface area contributed by atoms with E-state index in [4.69, 9.17) is 0 Å². The summed E-state index contributed by atoms with van der Waals surface area (Å²) in [5, 5.41) is 15.8. The minimum atomic E-state index is -0.0841. The highest BCUT2D eigenvalue weighted by molar-refractivity contribution is 6.04. The molecule has 1 amide bonds. The first-order valence-electron chi connectivity index (χ1n) is 6.11. The third-order valence-electron chi connectivity index (χ3n) is 3.80. The van der Waals surface area contributed by atoms with Gasteiger partial charge in [-0.25, -0.2) is 0 Å². The van der Waals surface area contributed by atoms with E-state index in [0.717, 1.165) is 31.5 Å². The number of hydrogen-bond acceptors (Lipinski definition) is 3. The summed E-state index contributed by atoms with van der Waals surface area (Å²) in [6.45, 7) is 1.95. The van der Waals surface area contributed by atoms with E-state index in [1.54, 1.807) is 6.07 Å². The summed E-state index contributed by atoms with van der Waals surface area (Å²) >= 11 is 0. The fourth-order valence-electron chi connectivity index (χ4n) is 2.94. The summed E-state index contributed by atoms with van der Waals surface area (Å²) in [5.41, 5.74) is 1.57. The van der Waals surface area contributed by atoms with Gasteiger partial charge in [-0.1, -0.05) is 12.1 Å². The van der Waals surface area contributed by atoms with Gasteiger partial charge in [0.15, 0.2) is 0 Å². The van der Waals surface area contributed by atoms with Crippen molar-refractivity contribution in [3.8, 4) is 5.75 Å². The Morgan fingerprint density at radius 2 is 2.00 bits per heavy atom. The fraction of sp³-hybridized carbons (Fsp3) is 0.462. The number of carbonyl (C=O) groups is 1. The molecule has 0 aromatic heterocycles. The van der Waals surface area contributed by atoms with Crippen molar-refractivity contribution in [3.63, 3.8) is 0 Å². The van der Waals surface area contributed by atoms with Crippen LogP contribution in [0.5, 0.6) is 5.75 Å². The first kappa shape index (κ1) is 10.6. The van der Waals surface area contributed by atoms with Crippen molar-refractivity contribution in [2.45, 2.75) is 18.8 Å². The van der Waals surface area contributed by atoms with E-state index in [9.17, 15) is 9.90 Å². The van der Waals surface area contributed by atoms with Crippen molar-refractivity contribution in [3.05, 3.63) is 23.8 Å². The molecule has 1 saturated heterocycles. The zero-order chi connectivity index (χ0) is 11.8. The van der Waals surface area contributed by atoms with Crippen molar-refractivity contribution >= 4 is 11.6 Å². The molecule has 1 aromatic carbocycles. The highest BCUT2D eigenvalue weighted by atomic mass is 16.3. The summed E-state index contributed by atoms with van der Waals surface area (Å²) in [6, 6.07) is 5.37. The van der Waals surface area contributed by atoms with Gasteiger partial charge in [-0.15, -0.1) is 0 Å². The molecule has 90 valence electrons.